The zero-order valence-corrected chi connectivity index (χ0v) is 12.7. The van der Waals surface area contributed by atoms with Crippen molar-refractivity contribution in [3.05, 3.63) is 18.0 Å². The maximum Gasteiger partial charge on any atom is 0.225 e. The molecule has 20 heavy (non-hydrogen) atoms. The lowest BCUT2D eigenvalue weighted by atomic mass is 9.87. The van der Waals surface area contributed by atoms with Gasteiger partial charge < -0.3 is 10.2 Å². The highest BCUT2D eigenvalue weighted by Gasteiger charge is 2.23. The Labute approximate surface area is 122 Å². The zero-order valence-electron chi connectivity index (χ0n) is 12.7. The predicted molar refractivity (Wildman–Crippen MR) is 81.7 cm³/mol. The second-order valence-corrected chi connectivity index (χ2v) is 6.61. The third kappa shape index (κ3) is 3.48. The van der Waals surface area contributed by atoms with Crippen LogP contribution in [-0.2, 0) is 6.54 Å². The molecule has 0 aromatic carbocycles. The van der Waals surface area contributed by atoms with Crippen LogP contribution in [0.2, 0.25) is 0 Å². The zero-order chi connectivity index (χ0) is 13.9. The highest BCUT2D eigenvalue weighted by Crippen LogP contribution is 2.26. The second-order valence-electron chi connectivity index (χ2n) is 6.61. The van der Waals surface area contributed by atoms with Gasteiger partial charge in [-0.25, -0.2) is 9.97 Å². The Morgan fingerprint density at radius 2 is 1.80 bits per heavy atom. The molecular weight excluding hydrogens is 248 g/mol. The summed E-state index contributed by atoms with van der Waals surface area (Å²) in [5.74, 6) is 2.57. The SMILES string of the molecule is CC(C)C1CCN(c2ncc(CNC3CC3)cn2)CC1. The van der Waals surface area contributed by atoms with Crippen molar-refractivity contribution in [1.82, 2.24) is 15.3 Å². The average molecular weight is 274 g/mol. The fourth-order valence-electron chi connectivity index (χ4n) is 2.92. The summed E-state index contributed by atoms with van der Waals surface area (Å²) >= 11 is 0. The van der Waals surface area contributed by atoms with Crippen molar-refractivity contribution in [2.75, 3.05) is 18.0 Å². The van der Waals surface area contributed by atoms with Crippen LogP contribution in [0.1, 0.15) is 45.1 Å². The molecule has 4 heteroatoms. The summed E-state index contributed by atoms with van der Waals surface area (Å²) in [5.41, 5.74) is 1.19. The minimum Gasteiger partial charge on any atom is -0.341 e. The summed E-state index contributed by atoms with van der Waals surface area (Å²) in [4.78, 5) is 11.4. The van der Waals surface area contributed by atoms with Gasteiger partial charge in [0.15, 0.2) is 0 Å². The Hall–Kier alpha value is -1.16. The summed E-state index contributed by atoms with van der Waals surface area (Å²) in [7, 11) is 0. The molecule has 0 bridgehead atoms. The van der Waals surface area contributed by atoms with Crippen molar-refractivity contribution in [2.45, 2.75) is 52.1 Å². The first kappa shape index (κ1) is 13.8. The lowest BCUT2D eigenvalue weighted by molar-refractivity contribution is 0.310. The average Bonchev–Trinajstić information content (AvgIpc) is 3.30. The van der Waals surface area contributed by atoms with Gasteiger partial charge in [-0.3, -0.25) is 0 Å². The number of rotatable bonds is 5. The van der Waals surface area contributed by atoms with Crippen molar-refractivity contribution >= 4 is 5.95 Å². The van der Waals surface area contributed by atoms with E-state index in [1.807, 2.05) is 12.4 Å². The maximum absolute atomic E-state index is 4.55. The molecule has 110 valence electrons. The number of aromatic nitrogens is 2. The van der Waals surface area contributed by atoms with Gasteiger partial charge in [0, 0.05) is 43.6 Å². The largest absolute Gasteiger partial charge is 0.341 e. The fraction of sp³-hybridized carbons (Fsp3) is 0.750. The van der Waals surface area contributed by atoms with Crippen LogP contribution in [0.15, 0.2) is 12.4 Å². The van der Waals surface area contributed by atoms with Crippen LogP contribution in [0.3, 0.4) is 0 Å². The van der Waals surface area contributed by atoms with E-state index in [1.165, 1.54) is 31.2 Å². The molecule has 1 N–H and O–H groups in total. The van der Waals surface area contributed by atoms with Crippen LogP contribution in [-0.4, -0.2) is 29.1 Å². The second kappa shape index (κ2) is 6.08. The van der Waals surface area contributed by atoms with Gasteiger partial charge in [-0.2, -0.15) is 0 Å². The molecule has 1 aliphatic heterocycles. The maximum atomic E-state index is 4.55. The van der Waals surface area contributed by atoms with Crippen LogP contribution in [0.5, 0.6) is 0 Å². The normalized spacial score (nSPS) is 20.6. The fourth-order valence-corrected chi connectivity index (χ4v) is 2.92. The molecule has 0 amide bonds. The summed E-state index contributed by atoms with van der Waals surface area (Å²) in [6.07, 6.45) is 9.14. The van der Waals surface area contributed by atoms with E-state index in [0.717, 1.165) is 43.5 Å². The van der Waals surface area contributed by atoms with E-state index in [9.17, 15) is 0 Å². The number of hydrogen-bond acceptors (Lipinski definition) is 4. The first-order valence-corrected chi connectivity index (χ1v) is 8.01. The molecule has 3 rings (SSSR count). The number of nitrogens with zero attached hydrogens (tertiary/aromatic N) is 3. The molecule has 4 nitrogen and oxygen atoms in total. The Morgan fingerprint density at radius 3 is 2.35 bits per heavy atom. The first-order chi connectivity index (χ1) is 9.72. The van der Waals surface area contributed by atoms with Gasteiger partial charge in [-0.05, 0) is 37.5 Å². The van der Waals surface area contributed by atoms with Gasteiger partial charge in [-0.15, -0.1) is 0 Å². The topological polar surface area (TPSA) is 41.1 Å². The van der Waals surface area contributed by atoms with Crippen LogP contribution in [0.4, 0.5) is 5.95 Å². The molecule has 1 saturated carbocycles. The van der Waals surface area contributed by atoms with Gasteiger partial charge in [-0.1, -0.05) is 13.8 Å². The summed E-state index contributed by atoms with van der Waals surface area (Å²) in [5, 5.41) is 3.50. The van der Waals surface area contributed by atoms with Crippen LogP contribution < -0.4 is 10.2 Å². The van der Waals surface area contributed by atoms with Crippen molar-refractivity contribution in [3.8, 4) is 0 Å². The third-order valence-corrected chi connectivity index (χ3v) is 4.63. The third-order valence-electron chi connectivity index (χ3n) is 4.63. The van der Waals surface area contributed by atoms with Crippen molar-refractivity contribution in [2.24, 2.45) is 11.8 Å². The Kier molecular flexibility index (Phi) is 4.20. The van der Waals surface area contributed by atoms with E-state index in [0.29, 0.717) is 0 Å². The van der Waals surface area contributed by atoms with E-state index in [2.05, 4.69) is 34.0 Å². The van der Waals surface area contributed by atoms with Crippen LogP contribution in [0, 0.1) is 11.8 Å². The molecule has 2 heterocycles. The van der Waals surface area contributed by atoms with Gasteiger partial charge in [0.05, 0.1) is 0 Å². The number of anilines is 1. The molecule has 2 aliphatic rings. The minimum absolute atomic E-state index is 0.740. The Bertz CT molecular complexity index is 417. The summed E-state index contributed by atoms with van der Waals surface area (Å²) < 4.78 is 0. The highest BCUT2D eigenvalue weighted by atomic mass is 15.2. The minimum atomic E-state index is 0.740. The van der Waals surface area contributed by atoms with Gasteiger partial charge >= 0.3 is 0 Å². The predicted octanol–water partition coefficient (Wildman–Crippen LogP) is 2.60. The van der Waals surface area contributed by atoms with Crippen LogP contribution in [0.25, 0.3) is 0 Å². The molecule has 1 aromatic rings. The summed E-state index contributed by atoms with van der Waals surface area (Å²) in [6, 6.07) is 0.740. The van der Waals surface area contributed by atoms with Gasteiger partial charge in [0.25, 0.3) is 0 Å². The van der Waals surface area contributed by atoms with Crippen molar-refractivity contribution in [3.63, 3.8) is 0 Å². The summed E-state index contributed by atoms with van der Waals surface area (Å²) in [6.45, 7) is 7.77. The molecule has 1 aliphatic carbocycles. The lowest BCUT2D eigenvalue weighted by Gasteiger charge is -2.33. The van der Waals surface area contributed by atoms with E-state index in [-0.39, 0.29) is 0 Å². The smallest absolute Gasteiger partial charge is 0.225 e. The lowest BCUT2D eigenvalue weighted by Crippen LogP contribution is -2.36. The van der Waals surface area contributed by atoms with E-state index < -0.39 is 0 Å². The van der Waals surface area contributed by atoms with Gasteiger partial charge in [0.1, 0.15) is 0 Å². The standard InChI is InChI=1S/C16H26N4/c1-12(2)14-5-7-20(8-6-14)16-18-10-13(11-19-16)9-17-15-3-4-15/h10-12,14-15,17H,3-9H2,1-2H3. The molecule has 0 spiro atoms. The number of piperidine rings is 1. The molecular formula is C16H26N4. The first-order valence-electron chi connectivity index (χ1n) is 8.01. The van der Waals surface area contributed by atoms with Crippen LogP contribution >= 0.6 is 0 Å². The number of hydrogen-bond donors (Lipinski definition) is 1. The molecule has 2 fully saturated rings. The van der Waals surface area contributed by atoms with Gasteiger partial charge in [0.2, 0.25) is 5.95 Å². The Balaban J connectivity index is 1.52. The molecule has 0 unspecified atom stereocenters. The quantitative estimate of drug-likeness (QED) is 0.896. The van der Waals surface area contributed by atoms with Crippen molar-refractivity contribution in [1.29, 1.82) is 0 Å². The Morgan fingerprint density at radius 1 is 1.15 bits per heavy atom. The molecule has 0 atom stereocenters. The molecule has 0 radical (unpaired) electrons. The molecule has 1 aromatic heterocycles. The number of nitrogens with one attached hydrogen (secondary N) is 1. The highest BCUT2D eigenvalue weighted by molar-refractivity contribution is 5.30. The monoisotopic (exact) mass is 274 g/mol. The van der Waals surface area contributed by atoms with Crippen molar-refractivity contribution < 1.29 is 0 Å². The van der Waals surface area contributed by atoms with E-state index in [1.54, 1.807) is 0 Å². The van der Waals surface area contributed by atoms with E-state index >= 15 is 0 Å². The van der Waals surface area contributed by atoms with E-state index in [4.69, 9.17) is 0 Å². The molecule has 1 saturated heterocycles.